The summed E-state index contributed by atoms with van der Waals surface area (Å²) in [7, 11) is 0. The van der Waals surface area contributed by atoms with Crippen molar-refractivity contribution in [3.05, 3.63) is 18.5 Å². The van der Waals surface area contributed by atoms with Crippen molar-refractivity contribution in [1.29, 1.82) is 0 Å². The highest BCUT2D eigenvalue weighted by atomic mass is 16.3. The first-order valence-corrected chi connectivity index (χ1v) is 6.75. The molecule has 1 unspecified atom stereocenters. The second kappa shape index (κ2) is 6.70. The second-order valence-corrected chi connectivity index (χ2v) is 5.97. The Hall–Kier alpha value is -1.36. The SMILES string of the molecule is CC(C)C(O)C(C)(C)CNC(=O)CCn1cccn1. The summed E-state index contributed by atoms with van der Waals surface area (Å²) in [5, 5.41) is 17.0. The van der Waals surface area contributed by atoms with E-state index in [-0.39, 0.29) is 17.2 Å². The average molecular weight is 267 g/mol. The van der Waals surface area contributed by atoms with Crippen molar-refractivity contribution in [2.24, 2.45) is 11.3 Å². The number of carbonyl (C=O) groups is 1. The summed E-state index contributed by atoms with van der Waals surface area (Å²) in [4.78, 5) is 11.7. The fourth-order valence-corrected chi connectivity index (χ4v) is 2.07. The van der Waals surface area contributed by atoms with E-state index in [1.807, 2.05) is 40.0 Å². The van der Waals surface area contributed by atoms with Gasteiger partial charge in [-0.05, 0) is 12.0 Å². The molecule has 0 bridgehead atoms. The Balaban J connectivity index is 2.33. The minimum absolute atomic E-state index is 0.0143. The van der Waals surface area contributed by atoms with E-state index in [2.05, 4.69) is 10.4 Å². The Kier molecular flexibility index (Phi) is 5.54. The number of aliphatic hydroxyl groups excluding tert-OH is 1. The van der Waals surface area contributed by atoms with Crippen molar-refractivity contribution in [3.8, 4) is 0 Å². The molecule has 0 aliphatic carbocycles. The maximum atomic E-state index is 11.7. The third kappa shape index (κ3) is 5.03. The lowest BCUT2D eigenvalue weighted by Crippen LogP contribution is -2.43. The lowest BCUT2D eigenvalue weighted by atomic mass is 9.80. The van der Waals surface area contributed by atoms with Crippen LogP contribution in [0.1, 0.15) is 34.1 Å². The van der Waals surface area contributed by atoms with Crippen molar-refractivity contribution in [2.45, 2.75) is 46.8 Å². The Morgan fingerprint density at radius 2 is 2.16 bits per heavy atom. The summed E-state index contributed by atoms with van der Waals surface area (Å²) in [6, 6.07) is 1.83. The molecule has 0 saturated carbocycles. The van der Waals surface area contributed by atoms with Crippen molar-refractivity contribution in [2.75, 3.05) is 6.54 Å². The molecule has 1 atom stereocenters. The molecular weight excluding hydrogens is 242 g/mol. The molecule has 1 aromatic heterocycles. The molecule has 0 fully saturated rings. The van der Waals surface area contributed by atoms with Gasteiger partial charge in [0.2, 0.25) is 5.91 Å². The molecule has 1 amide bonds. The second-order valence-electron chi connectivity index (χ2n) is 5.97. The lowest BCUT2D eigenvalue weighted by molar-refractivity contribution is -0.122. The monoisotopic (exact) mass is 267 g/mol. The molecular formula is C14H25N3O2. The first kappa shape index (κ1) is 15.7. The summed E-state index contributed by atoms with van der Waals surface area (Å²) < 4.78 is 1.73. The van der Waals surface area contributed by atoms with Gasteiger partial charge in [0.15, 0.2) is 0 Å². The number of aliphatic hydroxyl groups is 1. The van der Waals surface area contributed by atoms with Crippen molar-refractivity contribution in [3.63, 3.8) is 0 Å². The largest absolute Gasteiger partial charge is 0.392 e. The fourth-order valence-electron chi connectivity index (χ4n) is 2.07. The van der Waals surface area contributed by atoms with Gasteiger partial charge in [0.25, 0.3) is 0 Å². The third-order valence-corrected chi connectivity index (χ3v) is 3.30. The maximum absolute atomic E-state index is 11.7. The molecule has 0 spiro atoms. The van der Waals surface area contributed by atoms with Crippen LogP contribution in [0.5, 0.6) is 0 Å². The molecule has 0 saturated heterocycles. The van der Waals surface area contributed by atoms with Gasteiger partial charge in [0.05, 0.1) is 6.10 Å². The average Bonchev–Trinajstić information content (AvgIpc) is 2.86. The standard InChI is InChI=1S/C14H25N3O2/c1-11(2)13(19)14(3,4)10-15-12(18)6-9-17-8-5-7-16-17/h5,7-8,11,13,19H,6,9-10H2,1-4H3,(H,15,18). The van der Waals surface area contributed by atoms with Crippen LogP contribution in [0.3, 0.4) is 0 Å². The normalized spacial score (nSPS) is 13.6. The number of aryl methyl sites for hydroxylation is 1. The van der Waals surface area contributed by atoms with Gasteiger partial charge < -0.3 is 10.4 Å². The minimum atomic E-state index is -0.432. The zero-order valence-corrected chi connectivity index (χ0v) is 12.3. The summed E-state index contributed by atoms with van der Waals surface area (Å²) >= 11 is 0. The topological polar surface area (TPSA) is 67.2 Å². The molecule has 1 heterocycles. The van der Waals surface area contributed by atoms with Crippen LogP contribution in [-0.4, -0.2) is 33.4 Å². The number of carbonyl (C=O) groups excluding carboxylic acids is 1. The number of amides is 1. The smallest absolute Gasteiger partial charge is 0.221 e. The van der Waals surface area contributed by atoms with Gasteiger partial charge in [-0.3, -0.25) is 9.48 Å². The Morgan fingerprint density at radius 1 is 1.47 bits per heavy atom. The molecule has 19 heavy (non-hydrogen) atoms. The molecule has 0 radical (unpaired) electrons. The molecule has 1 rings (SSSR count). The van der Waals surface area contributed by atoms with Crippen LogP contribution in [-0.2, 0) is 11.3 Å². The van der Waals surface area contributed by atoms with Crippen molar-refractivity contribution >= 4 is 5.91 Å². The number of rotatable bonds is 7. The highest BCUT2D eigenvalue weighted by Crippen LogP contribution is 2.24. The van der Waals surface area contributed by atoms with E-state index in [0.717, 1.165) is 0 Å². The summed E-state index contributed by atoms with van der Waals surface area (Å²) in [6.45, 7) is 8.94. The van der Waals surface area contributed by atoms with E-state index in [0.29, 0.717) is 19.5 Å². The van der Waals surface area contributed by atoms with Gasteiger partial charge in [-0.2, -0.15) is 5.10 Å². The first-order valence-electron chi connectivity index (χ1n) is 6.75. The van der Waals surface area contributed by atoms with Gasteiger partial charge in [-0.25, -0.2) is 0 Å². The van der Waals surface area contributed by atoms with Crippen LogP contribution in [0.4, 0.5) is 0 Å². The highest BCUT2D eigenvalue weighted by Gasteiger charge is 2.30. The molecule has 0 aromatic carbocycles. The summed E-state index contributed by atoms with van der Waals surface area (Å²) in [5.41, 5.74) is -0.324. The minimum Gasteiger partial charge on any atom is -0.392 e. The number of aromatic nitrogens is 2. The lowest BCUT2D eigenvalue weighted by Gasteiger charge is -2.33. The quantitative estimate of drug-likeness (QED) is 0.785. The number of nitrogens with zero attached hydrogens (tertiary/aromatic N) is 2. The summed E-state index contributed by atoms with van der Waals surface area (Å²) in [5.74, 6) is 0.163. The van der Waals surface area contributed by atoms with Crippen LogP contribution in [0.2, 0.25) is 0 Å². The van der Waals surface area contributed by atoms with Gasteiger partial charge >= 0.3 is 0 Å². The van der Waals surface area contributed by atoms with E-state index in [1.54, 1.807) is 10.9 Å². The molecule has 2 N–H and O–H groups in total. The number of hydrogen-bond donors (Lipinski definition) is 2. The number of nitrogens with one attached hydrogen (secondary N) is 1. The Labute approximate surface area is 115 Å². The van der Waals surface area contributed by atoms with Crippen molar-refractivity contribution in [1.82, 2.24) is 15.1 Å². The molecule has 5 nitrogen and oxygen atoms in total. The van der Waals surface area contributed by atoms with Gasteiger partial charge in [-0.1, -0.05) is 27.7 Å². The predicted octanol–water partition coefficient (Wildman–Crippen LogP) is 1.43. The van der Waals surface area contributed by atoms with Crippen LogP contribution < -0.4 is 5.32 Å². The molecule has 0 aliphatic heterocycles. The molecule has 5 heteroatoms. The van der Waals surface area contributed by atoms with Crippen LogP contribution in [0.15, 0.2) is 18.5 Å². The van der Waals surface area contributed by atoms with E-state index < -0.39 is 6.10 Å². The molecule has 1 aromatic rings. The zero-order valence-electron chi connectivity index (χ0n) is 12.3. The van der Waals surface area contributed by atoms with Gasteiger partial charge in [0, 0.05) is 37.3 Å². The molecule has 0 aliphatic rings. The van der Waals surface area contributed by atoms with E-state index in [1.165, 1.54) is 0 Å². The summed E-state index contributed by atoms with van der Waals surface area (Å²) in [6.07, 6.45) is 3.49. The van der Waals surface area contributed by atoms with Gasteiger partial charge in [-0.15, -0.1) is 0 Å². The van der Waals surface area contributed by atoms with E-state index in [4.69, 9.17) is 0 Å². The highest BCUT2D eigenvalue weighted by molar-refractivity contribution is 5.75. The fraction of sp³-hybridized carbons (Fsp3) is 0.714. The third-order valence-electron chi connectivity index (χ3n) is 3.30. The maximum Gasteiger partial charge on any atom is 0.221 e. The van der Waals surface area contributed by atoms with Gasteiger partial charge in [0.1, 0.15) is 0 Å². The first-order chi connectivity index (χ1) is 8.83. The zero-order chi connectivity index (χ0) is 14.5. The Bertz CT molecular complexity index is 385. The van der Waals surface area contributed by atoms with Crippen LogP contribution >= 0.6 is 0 Å². The van der Waals surface area contributed by atoms with Crippen LogP contribution in [0, 0.1) is 11.3 Å². The van der Waals surface area contributed by atoms with E-state index >= 15 is 0 Å². The predicted molar refractivity (Wildman–Crippen MR) is 74.5 cm³/mol. The molecule has 108 valence electrons. The van der Waals surface area contributed by atoms with Crippen molar-refractivity contribution < 1.29 is 9.90 Å². The van der Waals surface area contributed by atoms with E-state index in [9.17, 15) is 9.90 Å². The Morgan fingerprint density at radius 3 is 2.68 bits per heavy atom. The van der Waals surface area contributed by atoms with Crippen LogP contribution in [0.25, 0.3) is 0 Å². The number of hydrogen-bond acceptors (Lipinski definition) is 3.